The Balaban J connectivity index is 0.00000156. The predicted molar refractivity (Wildman–Crippen MR) is 91.0 cm³/mol. The second-order valence-corrected chi connectivity index (χ2v) is 7.84. The molecule has 3 aliphatic rings. The number of hydrogen-bond acceptors (Lipinski definition) is 4. The van der Waals surface area contributed by atoms with Gasteiger partial charge in [-0.05, 0) is 30.4 Å². The van der Waals surface area contributed by atoms with Crippen molar-refractivity contribution >= 4 is 22.8 Å². The molecule has 1 amide bonds. The van der Waals surface area contributed by atoms with Crippen molar-refractivity contribution in [3.8, 4) is 0 Å². The van der Waals surface area contributed by atoms with Crippen LogP contribution in [0.2, 0.25) is 0 Å². The molecule has 4 rings (SSSR count). The van der Waals surface area contributed by atoms with Gasteiger partial charge in [-0.15, -0.1) is 0 Å². The maximum atomic E-state index is 12.8. The predicted octanol–water partition coefficient (Wildman–Crippen LogP) is 3.35. The van der Waals surface area contributed by atoms with E-state index in [4.69, 9.17) is 0 Å². The van der Waals surface area contributed by atoms with E-state index in [2.05, 4.69) is 15.3 Å². The van der Waals surface area contributed by atoms with Gasteiger partial charge < -0.3 is 5.32 Å². The largest absolute Gasteiger partial charge is 0.305 e. The van der Waals surface area contributed by atoms with Crippen molar-refractivity contribution in [2.45, 2.75) is 55.7 Å². The minimum absolute atomic E-state index is 0. The Bertz CT molecular complexity index is 589. The number of fused-ring (bicyclic) bond motifs is 1. The number of carbonyl (C=O) groups is 1. The number of carbonyl (C=O) groups excluding carboxylic acids is 1. The van der Waals surface area contributed by atoms with E-state index in [-0.39, 0.29) is 13.3 Å². The lowest BCUT2D eigenvalue weighted by Gasteiger charge is -2.20. The normalized spacial score (nSPS) is 28.1. The van der Waals surface area contributed by atoms with E-state index in [0.29, 0.717) is 17.2 Å². The first-order chi connectivity index (χ1) is 10.8. The number of rotatable bonds is 4. The topological polar surface area (TPSA) is 54.4 Å². The molecule has 2 aliphatic carbocycles. The molecule has 3 atom stereocenters. The Morgan fingerprint density at radius 1 is 1.45 bits per heavy atom. The number of aromatic nitrogens is 1. The van der Waals surface area contributed by atoms with Gasteiger partial charge in [-0.3, -0.25) is 14.8 Å². The third-order valence-corrected chi connectivity index (χ3v) is 6.16. The fourth-order valence-electron chi connectivity index (χ4n) is 3.56. The standard InChI is InChI=1S/C17H21N3OS.H2/c21-16(20-17-19-14-9-15(14)22-17)13(8-11-4-1-2-5-11)12-6-3-7-18-10-12;/h3,6-7,10-11,13-15H,1-2,4-5,8-9H2,(H,19,20,21);1H. The molecule has 2 saturated carbocycles. The van der Waals surface area contributed by atoms with Gasteiger partial charge in [0.2, 0.25) is 5.91 Å². The molecule has 5 heteroatoms. The highest BCUT2D eigenvalue weighted by Gasteiger charge is 2.44. The first-order valence-corrected chi connectivity index (χ1v) is 9.13. The molecular formula is C17H23N3OS. The molecule has 1 N–H and O–H groups in total. The molecule has 1 aromatic rings. The minimum atomic E-state index is -0.1000. The minimum Gasteiger partial charge on any atom is -0.305 e. The maximum absolute atomic E-state index is 12.8. The summed E-state index contributed by atoms with van der Waals surface area (Å²) in [5.41, 5.74) is 1.03. The van der Waals surface area contributed by atoms with Crippen LogP contribution in [0.4, 0.5) is 0 Å². The molecule has 0 bridgehead atoms. The van der Waals surface area contributed by atoms with Crippen LogP contribution in [0, 0.1) is 5.92 Å². The molecule has 1 aromatic heterocycles. The van der Waals surface area contributed by atoms with Crippen molar-refractivity contribution in [1.82, 2.24) is 10.3 Å². The SMILES string of the molecule is O=C(NC1=NC2CC2S1)C(CC1CCCC1)c1cccnc1.[HH]. The summed E-state index contributed by atoms with van der Waals surface area (Å²) in [6.07, 6.45) is 10.8. The van der Waals surface area contributed by atoms with Crippen LogP contribution >= 0.6 is 11.8 Å². The van der Waals surface area contributed by atoms with Crippen LogP contribution in [-0.4, -0.2) is 27.4 Å². The number of pyridine rings is 1. The first kappa shape index (κ1) is 14.2. The monoisotopic (exact) mass is 317 g/mol. The van der Waals surface area contributed by atoms with E-state index in [1.54, 1.807) is 18.0 Å². The zero-order valence-electron chi connectivity index (χ0n) is 12.6. The number of amidine groups is 1. The summed E-state index contributed by atoms with van der Waals surface area (Å²) >= 11 is 1.73. The fourth-order valence-corrected chi connectivity index (χ4v) is 4.71. The molecule has 0 aromatic carbocycles. The first-order valence-electron chi connectivity index (χ1n) is 8.25. The van der Waals surface area contributed by atoms with E-state index < -0.39 is 0 Å². The van der Waals surface area contributed by atoms with Crippen molar-refractivity contribution < 1.29 is 6.22 Å². The zero-order chi connectivity index (χ0) is 14.9. The van der Waals surface area contributed by atoms with E-state index in [1.807, 2.05) is 18.3 Å². The van der Waals surface area contributed by atoms with Gasteiger partial charge in [-0.1, -0.05) is 43.5 Å². The van der Waals surface area contributed by atoms with Crippen molar-refractivity contribution in [2.75, 3.05) is 0 Å². The summed E-state index contributed by atoms with van der Waals surface area (Å²) in [6, 6.07) is 4.40. The summed E-state index contributed by atoms with van der Waals surface area (Å²) < 4.78 is 0. The van der Waals surface area contributed by atoms with Gasteiger partial charge in [0.25, 0.3) is 0 Å². The molecule has 3 unspecified atom stereocenters. The molecule has 0 spiro atoms. The average molecular weight is 317 g/mol. The summed E-state index contributed by atoms with van der Waals surface area (Å²) in [7, 11) is 0. The third-order valence-electron chi connectivity index (χ3n) is 4.92. The lowest BCUT2D eigenvalue weighted by atomic mass is 9.88. The summed E-state index contributed by atoms with van der Waals surface area (Å²) in [4.78, 5) is 21.5. The lowest BCUT2D eigenvalue weighted by molar-refractivity contribution is -0.121. The zero-order valence-corrected chi connectivity index (χ0v) is 13.4. The fraction of sp³-hybridized carbons (Fsp3) is 0.588. The van der Waals surface area contributed by atoms with Crippen molar-refractivity contribution in [3.63, 3.8) is 0 Å². The highest BCUT2D eigenvalue weighted by Crippen LogP contribution is 2.44. The quantitative estimate of drug-likeness (QED) is 0.926. The number of hydrogen-bond donors (Lipinski definition) is 1. The van der Waals surface area contributed by atoms with Crippen LogP contribution < -0.4 is 5.32 Å². The smallest absolute Gasteiger partial charge is 0.233 e. The summed E-state index contributed by atoms with van der Waals surface area (Å²) in [5.74, 6) is 0.659. The van der Waals surface area contributed by atoms with E-state index in [9.17, 15) is 4.79 Å². The molecule has 1 aliphatic heterocycles. The Morgan fingerprint density at radius 2 is 2.32 bits per heavy atom. The van der Waals surface area contributed by atoms with Crippen molar-refractivity contribution in [3.05, 3.63) is 30.1 Å². The van der Waals surface area contributed by atoms with Gasteiger partial charge in [-0.25, -0.2) is 0 Å². The molecule has 2 fully saturated rings. The van der Waals surface area contributed by atoms with Crippen LogP contribution in [0.25, 0.3) is 0 Å². The number of nitrogens with zero attached hydrogens (tertiary/aromatic N) is 2. The van der Waals surface area contributed by atoms with Gasteiger partial charge in [0, 0.05) is 19.1 Å². The maximum Gasteiger partial charge on any atom is 0.233 e. The van der Waals surface area contributed by atoms with Crippen molar-refractivity contribution in [1.29, 1.82) is 0 Å². The Kier molecular flexibility index (Phi) is 3.90. The summed E-state index contributed by atoms with van der Waals surface area (Å²) in [6.45, 7) is 0. The number of thioether (sulfide) groups is 1. The van der Waals surface area contributed by atoms with E-state index >= 15 is 0 Å². The Hall–Kier alpha value is -1.36. The van der Waals surface area contributed by atoms with Crippen molar-refractivity contribution in [2.24, 2.45) is 10.9 Å². The van der Waals surface area contributed by atoms with Gasteiger partial charge >= 0.3 is 0 Å². The Labute approximate surface area is 136 Å². The van der Waals surface area contributed by atoms with E-state index in [0.717, 1.165) is 17.2 Å². The van der Waals surface area contributed by atoms with Crippen LogP contribution in [0.5, 0.6) is 0 Å². The van der Waals surface area contributed by atoms with Gasteiger partial charge in [-0.2, -0.15) is 0 Å². The second kappa shape index (κ2) is 6.03. The molecule has 2 heterocycles. The van der Waals surface area contributed by atoms with Crippen LogP contribution in [0.1, 0.15) is 51.4 Å². The van der Waals surface area contributed by atoms with Crippen LogP contribution in [0.3, 0.4) is 0 Å². The molecule has 0 radical (unpaired) electrons. The number of nitrogens with one attached hydrogen (secondary N) is 1. The lowest BCUT2D eigenvalue weighted by Crippen LogP contribution is -2.33. The van der Waals surface area contributed by atoms with Gasteiger partial charge in [0.1, 0.15) is 0 Å². The van der Waals surface area contributed by atoms with Gasteiger partial charge in [0.05, 0.1) is 12.0 Å². The summed E-state index contributed by atoms with van der Waals surface area (Å²) in [5, 5.41) is 4.51. The third kappa shape index (κ3) is 3.05. The highest BCUT2D eigenvalue weighted by atomic mass is 32.2. The second-order valence-electron chi connectivity index (χ2n) is 6.61. The molecule has 4 nitrogen and oxygen atoms in total. The molecule has 22 heavy (non-hydrogen) atoms. The average Bonchev–Trinajstić information content (AvgIpc) is 2.93. The van der Waals surface area contributed by atoms with E-state index in [1.165, 1.54) is 32.1 Å². The number of amides is 1. The van der Waals surface area contributed by atoms with Gasteiger partial charge in [0.15, 0.2) is 5.17 Å². The molecular weight excluding hydrogens is 294 g/mol. The van der Waals surface area contributed by atoms with Crippen LogP contribution in [-0.2, 0) is 4.79 Å². The number of aliphatic imine (C=N–C) groups is 1. The Morgan fingerprint density at radius 3 is 3.00 bits per heavy atom. The molecule has 0 saturated heterocycles. The van der Waals surface area contributed by atoms with Crippen LogP contribution in [0.15, 0.2) is 29.5 Å². The molecule has 118 valence electrons. The highest BCUT2D eigenvalue weighted by molar-refractivity contribution is 8.15.